The number of carboxylic acid groups (broad SMARTS) is 1. The van der Waals surface area contributed by atoms with Crippen molar-refractivity contribution in [1.82, 2.24) is 0 Å². The minimum Gasteiger partial charge on any atom is -0.500 e. The number of ketones is 1. The molecule has 0 heterocycles. The number of carbonyl (C=O) groups excluding carboxylic acids is 1. The molecule has 0 aromatic heterocycles. The van der Waals surface area contributed by atoms with Gasteiger partial charge in [0.25, 0.3) is 0 Å². The van der Waals surface area contributed by atoms with E-state index in [9.17, 15) is 22.8 Å². The van der Waals surface area contributed by atoms with Crippen LogP contribution in [-0.4, -0.2) is 23.5 Å². The van der Waals surface area contributed by atoms with Crippen LogP contribution >= 0.6 is 11.6 Å². The van der Waals surface area contributed by atoms with Gasteiger partial charge in [-0.1, -0.05) is 11.6 Å². The molecule has 0 amide bonds. The molecule has 1 aromatic carbocycles. The van der Waals surface area contributed by atoms with Crippen molar-refractivity contribution < 1.29 is 32.6 Å². The SMILES string of the molecule is CCOC=C(C(=O)O)C(=O)c1cc(F)c(F)c(Cl)c1F. The lowest BCUT2D eigenvalue weighted by Crippen LogP contribution is -2.15. The largest absolute Gasteiger partial charge is 0.500 e. The van der Waals surface area contributed by atoms with Crippen molar-refractivity contribution in [2.45, 2.75) is 6.92 Å². The second kappa shape index (κ2) is 6.42. The summed E-state index contributed by atoms with van der Waals surface area (Å²) in [5, 5.41) is 7.60. The van der Waals surface area contributed by atoms with E-state index in [1.54, 1.807) is 0 Å². The highest BCUT2D eigenvalue weighted by molar-refractivity contribution is 6.32. The number of ether oxygens (including phenoxy) is 1. The summed E-state index contributed by atoms with van der Waals surface area (Å²) in [7, 11) is 0. The summed E-state index contributed by atoms with van der Waals surface area (Å²) < 4.78 is 44.4. The molecule has 0 fully saturated rings. The van der Waals surface area contributed by atoms with E-state index < -0.39 is 45.4 Å². The zero-order chi connectivity index (χ0) is 15.4. The topological polar surface area (TPSA) is 63.6 Å². The maximum absolute atomic E-state index is 13.6. The second-order valence-electron chi connectivity index (χ2n) is 3.47. The van der Waals surface area contributed by atoms with E-state index in [-0.39, 0.29) is 12.7 Å². The Morgan fingerprint density at radius 1 is 1.35 bits per heavy atom. The lowest BCUT2D eigenvalue weighted by atomic mass is 10.0. The molecule has 0 saturated heterocycles. The Bertz CT molecular complexity index is 599. The molecule has 0 saturated carbocycles. The first-order valence-corrected chi connectivity index (χ1v) is 5.61. The normalized spacial score (nSPS) is 11.3. The van der Waals surface area contributed by atoms with E-state index >= 15 is 0 Å². The Balaban J connectivity index is 3.37. The van der Waals surface area contributed by atoms with Crippen LogP contribution in [0.15, 0.2) is 17.9 Å². The Hall–Kier alpha value is -2.02. The predicted octanol–water partition coefficient (Wildman–Crippen LogP) is 2.95. The van der Waals surface area contributed by atoms with Crippen molar-refractivity contribution in [3.8, 4) is 0 Å². The number of aliphatic carboxylic acids is 1. The van der Waals surface area contributed by atoms with Crippen LogP contribution in [0.2, 0.25) is 5.02 Å². The van der Waals surface area contributed by atoms with Gasteiger partial charge in [-0.2, -0.15) is 0 Å². The minimum atomic E-state index is -1.70. The van der Waals surface area contributed by atoms with E-state index in [1.165, 1.54) is 6.92 Å². The molecule has 8 heteroatoms. The van der Waals surface area contributed by atoms with Crippen LogP contribution in [0.5, 0.6) is 0 Å². The molecule has 0 spiro atoms. The molecule has 1 rings (SSSR count). The van der Waals surface area contributed by atoms with Crippen LogP contribution in [0.3, 0.4) is 0 Å². The van der Waals surface area contributed by atoms with Crippen molar-refractivity contribution in [3.63, 3.8) is 0 Å². The first kappa shape index (κ1) is 16.0. The van der Waals surface area contributed by atoms with Crippen molar-refractivity contribution in [1.29, 1.82) is 0 Å². The van der Waals surface area contributed by atoms with Gasteiger partial charge in [0.05, 0.1) is 12.2 Å². The number of rotatable bonds is 5. The molecule has 0 aliphatic carbocycles. The number of carboxylic acids is 1. The fourth-order valence-electron chi connectivity index (χ4n) is 1.25. The van der Waals surface area contributed by atoms with E-state index in [0.717, 1.165) is 0 Å². The third-order valence-corrected chi connectivity index (χ3v) is 2.52. The van der Waals surface area contributed by atoms with Crippen LogP contribution in [0.1, 0.15) is 17.3 Å². The zero-order valence-corrected chi connectivity index (χ0v) is 10.8. The molecule has 0 unspecified atom stereocenters. The third kappa shape index (κ3) is 3.11. The van der Waals surface area contributed by atoms with Gasteiger partial charge in [0.15, 0.2) is 17.5 Å². The van der Waals surface area contributed by atoms with Crippen LogP contribution in [0.4, 0.5) is 13.2 Å². The lowest BCUT2D eigenvalue weighted by Gasteiger charge is -2.06. The highest BCUT2D eigenvalue weighted by Crippen LogP contribution is 2.26. The van der Waals surface area contributed by atoms with Gasteiger partial charge in [0.2, 0.25) is 5.78 Å². The molecule has 0 aliphatic heterocycles. The quantitative estimate of drug-likeness (QED) is 0.173. The number of hydrogen-bond donors (Lipinski definition) is 1. The van der Waals surface area contributed by atoms with Crippen LogP contribution in [0.25, 0.3) is 0 Å². The van der Waals surface area contributed by atoms with Crippen molar-refractivity contribution >= 4 is 23.4 Å². The van der Waals surface area contributed by atoms with E-state index in [2.05, 4.69) is 4.74 Å². The van der Waals surface area contributed by atoms with E-state index in [4.69, 9.17) is 16.7 Å². The Kier molecular flexibility index (Phi) is 5.15. The molecule has 20 heavy (non-hydrogen) atoms. The van der Waals surface area contributed by atoms with Gasteiger partial charge in [-0.15, -0.1) is 0 Å². The highest BCUT2D eigenvalue weighted by Gasteiger charge is 2.27. The van der Waals surface area contributed by atoms with Crippen molar-refractivity contribution in [3.05, 3.63) is 45.9 Å². The summed E-state index contributed by atoms with van der Waals surface area (Å²) in [5.41, 5.74) is -1.94. The fourth-order valence-corrected chi connectivity index (χ4v) is 1.44. The first-order chi connectivity index (χ1) is 9.31. The number of Topliss-reactive ketones (excluding diaryl/α,β-unsaturated/α-hetero) is 1. The summed E-state index contributed by atoms with van der Waals surface area (Å²) in [6, 6.07) is 0.238. The predicted molar refractivity (Wildman–Crippen MR) is 63.0 cm³/mol. The third-order valence-electron chi connectivity index (χ3n) is 2.19. The van der Waals surface area contributed by atoms with Gasteiger partial charge in [0, 0.05) is 0 Å². The van der Waals surface area contributed by atoms with E-state index in [0.29, 0.717) is 6.26 Å². The van der Waals surface area contributed by atoms with Gasteiger partial charge in [-0.3, -0.25) is 4.79 Å². The molecular weight excluding hydrogens is 301 g/mol. The van der Waals surface area contributed by atoms with Crippen LogP contribution < -0.4 is 0 Å². The molecule has 0 bridgehead atoms. The second-order valence-corrected chi connectivity index (χ2v) is 3.85. The Morgan fingerprint density at radius 3 is 2.45 bits per heavy atom. The molecule has 0 radical (unpaired) electrons. The van der Waals surface area contributed by atoms with Gasteiger partial charge >= 0.3 is 5.97 Å². The summed E-state index contributed by atoms with van der Waals surface area (Å²) in [6.07, 6.45) is 0.597. The lowest BCUT2D eigenvalue weighted by molar-refractivity contribution is -0.132. The summed E-state index contributed by atoms with van der Waals surface area (Å²) in [6.45, 7) is 1.58. The average Bonchev–Trinajstić information content (AvgIpc) is 2.40. The fraction of sp³-hybridized carbons (Fsp3) is 0.167. The maximum atomic E-state index is 13.6. The molecule has 1 N–H and O–H groups in total. The number of benzene rings is 1. The molecule has 0 aliphatic rings. The molecular formula is C12H8ClF3O4. The first-order valence-electron chi connectivity index (χ1n) is 5.24. The summed E-state index contributed by atoms with van der Waals surface area (Å²) in [5.74, 6) is -7.86. The summed E-state index contributed by atoms with van der Waals surface area (Å²) in [4.78, 5) is 22.7. The Labute approximate surface area is 116 Å². The van der Waals surface area contributed by atoms with Crippen molar-refractivity contribution in [2.75, 3.05) is 6.61 Å². The average molecular weight is 309 g/mol. The highest BCUT2D eigenvalue weighted by atomic mass is 35.5. The van der Waals surface area contributed by atoms with Crippen LogP contribution in [-0.2, 0) is 9.53 Å². The van der Waals surface area contributed by atoms with Crippen molar-refractivity contribution in [2.24, 2.45) is 0 Å². The smallest absolute Gasteiger partial charge is 0.342 e. The monoisotopic (exact) mass is 308 g/mol. The van der Waals surface area contributed by atoms with Gasteiger partial charge in [0.1, 0.15) is 16.9 Å². The molecule has 4 nitrogen and oxygen atoms in total. The zero-order valence-electron chi connectivity index (χ0n) is 10.0. The maximum Gasteiger partial charge on any atom is 0.342 e. The number of halogens is 4. The molecule has 1 aromatic rings. The van der Waals surface area contributed by atoms with E-state index in [1.807, 2.05) is 0 Å². The number of carbonyl (C=O) groups is 2. The van der Waals surface area contributed by atoms with Crippen LogP contribution in [0, 0.1) is 17.5 Å². The Morgan fingerprint density at radius 2 is 1.95 bits per heavy atom. The molecule has 108 valence electrons. The minimum absolute atomic E-state index is 0.0606. The van der Waals surface area contributed by atoms with Gasteiger partial charge in [-0.25, -0.2) is 18.0 Å². The molecule has 0 atom stereocenters. The standard InChI is InChI=1S/C12H8ClF3O4/c1-2-20-4-6(12(18)19)11(17)5-3-7(14)10(16)8(13)9(5)15/h3-4H,2H2,1H3,(H,18,19). The van der Waals surface area contributed by atoms with Gasteiger partial charge < -0.3 is 9.84 Å². The van der Waals surface area contributed by atoms with Gasteiger partial charge in [-0.05, 0) is 13.0 Å². The summed E-state index contributed by atoms with van der Waals surface area (Å²) >= 11 is 5.18. The number of hydrogen-bond acceptors (Lipinski definition) is 3.